The largest absolute Gasteiger partial charge is 0.478 e. The first kappa shape index (κ1) is 17.6. The van der Waals surface area contributed by atoms with E-state index >= 15 is 0 Å². The lowest BCUT2D eigenvalue weighted by Gasteiger charge is -2.09. The van der Waals surface area contributed by atoms with Crippen molar-refractivity contribution in [2.75, 3.05) is 0 Å². The molecule has 0 aliphatic heterocycles. The van der Waals surface area contributed by atoms with E-state index in [1.807, 2.05) is 0 Å². The number of amides is 1. The number of hydrogen-bond donors (Lipinski definition) is 2. The molecule has 3 rings (SSSR count). The molecule has 1 amide bonds. The summed E-state index contributed by atoms with van der Waals surface area (Å²) >= 11 is 0. The predicted molar refractivity (Wildman–Crippen MR) is 98.5 cm³/mol. The van der Waals surface area contributed by atoms with Crippen molar-refractivity contribution < 1.29 is 19.1 Å². The lowest BCUT2D eigenvalue weighted by molar-refractivity contribution is -0.131. The minimum absolute atomic E-state index is 0.186. The highest BCUT2D eigenvalue weighted by Crippen LogP contribution is 2.24. The molecule has 0 radical (unpaired) electrons. The summed E-state index contributed by atoms with van der Waals surface area (Å²) < 4.78 is 13.2. The maximum absolute atomic E-state index is 13.2. The van der Waals surface area contributed by atoms with Gasteiger partial charge >= 0.3 is 5.97 Å². The minimum Gasteiger partial charge on any atom is -0.478 e. The molecule has 0 spiro atoms. The second kappa shape index (κ2) is 7.78. The number of carboxylic acid groups (broad SMARTS) is 1. The normalized spacial score (nSPS) is 14.4. The SMILES string of the molecule is O=C(O)/C=C/c1ccc(/C=C(/C(=O)NC2CC2)c2ccc(F)cc2)cc1. The highest BCUT2D eigenvalue weighted by atomic mass is 19.1. The Hall–Kier alpha value is -3.21. The fourth-order valence-corrected chi connectivity index (χ4v) is 2.44. The van der Waals surface area contributed by atoms with Gasteiger partial charge < -0.3 is 10.4 Å². The topological polar surface area (TPSA) is 66.4 Å². The van der Waals surface area contributed by atoms with Gasteiger partial charge in [-0.2, -0.15) is 0 Å². The molecule has 0 aromatic heterocycles. The van der Waals surface area contributed by atoms with Crippen LogP contribution in [0.4, 0.5) is 4.39 Å². The lowest BCUT2D eigenvalue weighted by Crippen LogP contribution is -2.26. The standard InChI is InChI=1S/C21H18FNO3/c22-17-8-6-16(7-9-17)19(21(26)23-18-10-11-18)13-15-3-1-14(2-4-15)5-12-20(24)25/h1-9,12-13,18H,10-11H2,(H,23,26)(H,24,25)/b12-5+,19-13+. The highest BCUT2D eigenvalue weighted by molar-refractivity contribution is 6.24. The van der Waals surface area contributed by atoms with Gasteiger partial charge in [-0.3, -0.25) is 4.79 Å². The fraction of sp³-hybridized carbons (Fsp3) is 0.143. The van der Waals surface area contributed by atoms with E-state index in [1.54, 1.807) is 42.5 Å². The van der Waals surface area contributed by atoms with Crippen molar-refractivity contribution in [3.63, 3.8) is 0 Å². The van der Waals surface area contributed by atoms with Gasteiger partial charge in [0.1, 0.15) is 5.82 Å². The zero-order chi connectivity index (χ0) is 18.5. The number of benzene rings is 2. The molecule has 0 unspecified atom stereocenters. The summed E-state index contributed by atoms with van der Waals surface area (Å²) in [7, 11) is 0. The minimum atomic E-state index is -1.01. The molecule has 0 atom stereocenters. The van der Waals surface area contributed by atoms with Crippen molar-refractivity contribution in [2.24, 2.45) is 0 Å². The van der Waals surface area contributed by atoms with E-state index in [-0.39, 0.29) is 17.8 Å². The van der Waals surface area contributed by atoms with Crippen LogP contribution >= 0.6 is 0 Å². The van der Waals surface area contributed by atoms with Crippen LogP contribution in [0, 0.1) is 5.82 Å². The van der Waals surface area contributed by atoms with Gasteiger partial charge in [-0.25, -0.2) is 9.18 Å². The average molecular weight is 351 g/mol. The van der Waals surface area contributed by atoms with Crippen LogP contribution in [0.2, 0.25) is 0 Å². The zero-order valence-electron chi connectivity index (χ0n) is 14.0. The maximum atomic E-state index is 13.2. The Morgan fingerprint density at radius 2 is 1.62 bits per heavy atom. The molecule has 2 N–H and O–H groups in total. The van der Waals surface area contributed by atoms with E-state index in [2.05, 4.69) is 5.32 Å². The molecule has 1 fully saturated rings. The van der Waals surface area contributed by atoms with Crippen molar-refractivity contribution >= 4 is 29.6 Å². The Labute approximate surface area is 150 Å². The van der Waals surface area contributed by atoms with Gasteiger partial charge in [-0.05, 0) is 53.8 Å². The van der Waals surface area contributed by atoms with Crippen LogP contribution < -0.4 is 5.32 Å². The molecule has 1 saturated carbocycles. The van der Waals surface area contributed by atoms with E-state index in [9.17, 15) is 14.0 Å². The van der Waals surface area contributed by atoms with E-state index in [1.165, 1.54) is 18.2 Å². The molecule has 26 heavy (non-hydrogen) atoms. The summed E-state index contributed by atoms with van der Waals surface area (Å²) in [5, 5.41) is 11.6. The van der Waals surface area contributed by atoms with Crippen LogP contribution in [0.3, 0.4) is 0 Å². The molecule has 0 bridgehead atoms. The monoisotopic (exact) mass is 351 g/mol. The van der Waals surface area contributed by atoms with Crippen molar-refractivity contribution in [3.05, 3.63) is 77.1 Å². The molecule has 132 valence electrons. The molecule has 5 heteroatoms. The summed E-state index contributed by atoms with van der Waals surface area (Å²) in [6, 6.07) is 13.2. The number of halogens is 1. The molecule has 2 aromatic rings. The van der Waals surface area contributed by atoms with Gasteiger partial charge in [0.05, 0.1) is 0 Å². The number of aliphatic carboxylic acids is 1. The number of carbonyl (C=O) groups is 2. The van der Waals surface area contributed by atoms with Gasteiger partial charge in [0.15, 0.2) is 0 Å². The van der Waals surface area contributed by atoms with Crippen LogP contribution in [0.5, 0.6) is 0 Å². The van der Waals surface area contributed by atoms with Crippen LogP contribution in [-0.2, 0) is 9.59 Å². The van der Waals surface area contributed by atoms with E-state index in [0.717, 1.165) is 30.0 Å². The van der Waals surface area contributed by atoms with Crippen LogP contribution in [0.1, 0.15) is 29.5 Å². The quantitative estimate of drug-likeness (QED) is 0.615. The molecule has 1 aliphatic carbocycles. The molecular formula is C21H18FNO3. The maximum Gasteiger partial charge on any atom is 0.328 e. The second-order valence-corrected chi connectivity index (χ2v) is 6.15. The summed E-state index contributed by atoms with van der Waals surface area (Å²) in [6.07, 6.45) is 6.27. The molecule has 0 heterocycles. The number of hydrogen-bond acceptors (Lipinski definition) is 2. The number of rotatable bonds is 6. The zero-order valence-corrected chi connectivity index (χ0v) is 14.0. The predicted octanol–water partition coefficient (Wildman–Crippen LogP) is 3.74. The molecule has 2 aromatic carbocycles. The third kappa shape index (κ3) is 4.89. The Balaban J connectivity index is 1.88. The van der Waals surface area contributed by atoms with Crippen LogP contribution in [-0.4, -0.2) is 23.0 Å². The van der Waals surface area contributed by atoms with Crippen molar-refractivity contribution in [1.82, 2.24) is 5.32 Å². The molecule has 1 aliphatic rings. The molecule has 4 nitrogen and oxygen atoms in total. The number of carbonyl (C=O) groups excluding carboxylic acids is 1. The highest BCUT2D eigenvalue weighted by Gasteiger charge is 2.25. The van der Waals surface area contributed by atoms with E-state index in [4.69, 9.17) is 5.11 Å². The van der Waals surface area contributed by atoms with Crippen molar-refractivity contribution in [2.45, 2.75) is 18.9 Å². The van der Waals surface area contributed by atoms with Gasteiger partial charge in [0, 0.05) is 17.7 Å². The van der Waals surface area contributed by atoms with Crippen LogP contribution in [0.25, 0.3) is 17.7 Å². The van der Waals surface area contributed by atoms with Crippen molar-refractivity contribution in [1.29, 1.82) is 0 Å². The summed E-state index contributed by atoms with van der Waals surface area (Å²) in [6.45, 7) is 0. The summed E-state index contributed by atoms with van der Waals surface area (Å²) in [5.74, 6) is -1.55. The number of nitrogens with one attached hydrogen (secondary N) is 1. The van der Waals surface area contributed by atoms with E-state index in [0.29, 0.717) is 11.1 Å². The Kier molecular flexibility index (Phi) is 5.27. The second-order valence-electron chi connectivity index (χ2n) is 6.15. The smallest absolute Gasteiger partial charge is 0.328 e. The summed E-state index contributed by atoms with van der Waals surface area (Å²) in [4.78, 5) is 23.1. The fourth-order valence-electron chi connectivity index (χ4n) is 2.44. The van der Waals surface area contributed by atoms with Gasteiger partial charge in [-0.1, -0.05) is 36.4 Å². The van der Waals surface area contributed by atoms with Gasteiger partial charge in [-0.15, -0.1) is 0 Å². The number of carboxylic acids is 1. The van der Waals surface area contributed by atoms with E-state index < -0.39 is 5.97 Å². The molecular weight excluding hydrogens is 333 g/mol. The third-order valence-electron chi connectivity index (χ3n) is 3.98. The lowest BCUT2D eigenvalue weighted by atomic mass is 10.0. The van der Waals surface area contributed by atoms with Gasteiger partial charge in [0.25, 0.3) is 5.91 Å². The third-order valence-corrected chi connectivity index (χ3v) is 3.98. The first-order chi connectivity index (χ1) is 12.5. The van der Waals surface area contributed by atoms with Gasteiger partial charge in [0.2, 0.25) is 0 Å². The first-order valence-electron chi connectivity index (χ1n) is 8.31. The van der Waals surface area contributed by atoms with Crippen molar-refractivity contribution in [3.8, 4) is 0 Å². The average Bonchev–Trinajstić information content (AvgIpc) is 3.43. The Morgan fingerprint density at radius 3 is 2.19 bits per heavy atom. The Morgan fingerprint density at radius 1 is 1.00 bits per heavy atom. The Bertz CT molecular complexity index is 863. The summed E-state index contributed by atoms with van der Waals surface area (Å²) in [5.41, 5.74) is 2.64. The van der Waals surface area contributed by atoms with Crippen LogP contribution in [0.15, 0.2) is 54.6 Å². The molecule has 0 saturated heterocycles. The first-order valence-corrected chi connectivity index (χ1v) is 8.31.